The molecule has 1 heterocycles. The number of nitrogens with one attached hydrogen (secondary N) is 2. The van der Waals surface area contributed by atoms with Gasteiger partial charge >= 0.3 is 0 Å². The molecule has 1 amide bonds. The first-order valence-electron chi connectivity index (χ1n) is 11.7. The van der Waals surface area contributed by atoms with Gasteiger partial charge in [-0.25, -0.2) is 13.2 Å². The number of anilines is 2. The Labute approximate surface area is 202 Å². The molecule has 2 unspecified atom stereocenters. The van der Waals surface area contributed by atoms with Crippen molar-refractivity contribution >= 4 is 17.3 Å². The van der Waals surface area contributed by atoms with E-state index in [1.807, 2.05) is 13.8 Å². The van der Waals surface area contributed by atoms with Gasteiger partial charge in [0.15, 0.2) is 11.6 Å². The number of β-amino-alcohol motifs (C(OH)–C–C–N with tert-alkyl or cyclic N) is 1. The van der Waals surface area contributed by atoms with Gasteiger partial charge in [-0.3, -0.25) is 4.79 Å². The van der Waals surface area contributed by atoms with Crippen LogP contribution in [0.3, 0.4) is 0 Å². The first-order chi connectivity index (χ1) is 16.6. The van der Waals surface area contributed by atoms with E-state index in [0.29, 0.717) is 18.4 Å². The number of rotatable bonds is 6. The molecule has 2 aliphatic rings. The highest BCUT2D eigenvalue weighted by molar-refractivity contribution is 6.01. The van der Waals surface area contributed by atoms with E-state index in [9.17, 15) is 33.3 Å². The molecule has 5 N–H and O–H groups in total. The zero-order valence-electron chi connectivity index (χ0n) is 20.0. The van der Waals surface area contributed by atoms with Crippen LogP contribution in [-0.2, 0) is 0 Å². The number of nitrogens with zero attached hydrogens (tertiary/aromatic N) is 1. The molecule has 2 aromatic rings. The Kier molecular flexibility index (Phi) is 8.42. The minimum atomic E-state index is -1.31. The molecule has 0 bridgehead atoms. The predicted octanol–water partition coefficient (Wildman–Crippen LogP) is 2.84. The molecule has 1 saturated heterocycles. The third-order valence-corrected chi connectivity index (χ3v) is 6.18. The van der Waals surface area contributed by atoms with Gasteiger partial charge in [0.2, 0.25) is 0 Å². The SMILES string of the molecule is CC.Cc1ccc(Nc2c(C(=O)N3CC(O)(CNC4CC(O)C(O)C4)C3)ccc(F)c2F)c(F)c1. The molecular formula is C25H32F3N3O4. The first-order valence-corrected chi connectivity index (χ1v) is 11.7. The lowest BCUT2D eigenvalue weighted by atomic mass is 9.92. The standard InChI is InChI=1S/C23H26F3N3O4.C2H6/c1-12-2-5-17(16(25)6-12)28-21-14(3-4-15(24)20(21)26)22(32)29-10-23(33,11-29)9-27-13-7-18(30)19(31)8-13;1-2/h2-6,13,18-19,27-28,30-31,33H,7-11H2,1H3;1-2H3. The molecule has 2 fully saturated rings. The van der Waals surface area contributed by atoms with Crippen molar-refractivity contribution in [2.24, 2.45) is 0 Å². The Morgan fingerprint density at radius 3 is 2.29 bits per heavy atom. The van der Waals surface area contributed by atoms with Gasteiger partial charge in [0.05, 0.1) is 42.2 Å². The second-order valence-electron chi connectivity index (χ2n) is 8.96. The van der Waals surface area contributed by atoms with E-state index in [1.165, 1.54) is 17.0 Å². The third-order valence-electron chi connectivity index (χ3n) is 6.18. The predicted molar refractivity (Wildman–Crippen MR) is 126 cm³/mol. The van der Waals surface area contributed by atoms with Crippen molar-refractivity contribution in [1.29, 1.82) is 0 Å². The molecular weight excluding hydrogens is 463 g/mol. The van der Waals surface area contributed by atoms with Gasteiger partial charge in [0.1, 0.15) is 11.4 Å². The Morgan fingerprint density at radius 2 is 1.69 bits per heavy atom. The van der Waals surface area contributed by atoms with Gasteiger partial charge in [0, 0.05) is 12.6 Å². The molecule has 1 aliphatic carbocycles. The van der Waals surface area contributed by atoms with Crippen molar-refractivity contribution < 1.29 is 33.3 Å². The Hall–Kier alpha value is -2.66. The molecule has 10 heteroatoms. The van der Waals surface area contributed by atoms with Crippen molar-refractivity contribution in [3.8, 4) is 0 Å². The maximum atomic E-state index is 14.6. The van der Waals surface area contributed by atoms with E-state index < -0.39 is 46.9 Å². The largest absolute Gasteiger partial charge is 0.390 e. The lowest BCUT2D eigenvalue weighted by molar-refractivity contribution is -0.0798. The fourth-order valence-electron chi connectivity index (χ4n) is 4.29. The average Bonchev–Trinajstić information content (AvgIpc) is 3.13. The van der Waals surface area contributed by atoms with E-state index in [1.54, 1.807) is 13.0 Å². The number of carbonyl (C=O) groups excluding carboxylic acids is 1. The van der Waals surface area contributed by atoms with Gasteiger partial charge in [-0.1, -0.05) is 19.9 Å². The molecule has 0 spiro atoms. The van der Waals surface area contributed by atoms with Crippen LogP contribution in [0.15, 0.2) is 30.3 Å². The summed E-state index contributed by atoms with van der Waals surface area (Å²) in [5.74, 6) is -3.81. The van der Waals surface area contributed by atoms with Gasteiger partial charge in [-0.05, 0) is 49.6 Å². The summed E-state index contributed by atoms with van der Waals surface area (Å²) in [7, 11) is 0. The van der Waals surface area contributed by atoms with Crippen LogP contribution in [0, 0.1) is 24.4 Å². The fraction of sp³-hybridized carbons (Fsp3) is 0.480. The number of carbonyl (C=O) groups is 1. The van der Waals surface area contributed by atoms with E-state index in [4.69, 9.17) is 0 Å². The number of amides is 1. The van der Waals surface area contributed by atoms with E-state index >= 15 is 0 Å². The summed E-state index contributed by atoms with van der Waals surface area (Å²) in [6.45, 7) is 5.72. The number of hydrogen-bond acceptors (Lipinski definition) is 6. The zero-order chi connectivity index (χ0) is 25.9. The second kappa shape index (κ2) is 10.9. The van der Waals surface area contributed by atoms with Gasteiger partial charge in [-0.15, -0.1) is 0 Å². The van der Waals surface area contributed by atoms with Crippen LogP contribution in [0.25, 0.3) is 0 Å². The number of likely N-dealkylation sites (tertiary alicyclic amines) is 1. The fourth-order valence-corrected chi connectivity index (χ4v) is 4.29. The topological polar surface area (TPSA) is 105 Å². The van der Waals surface area contributed by atoms with Crippen LogP contribution in [0.2, 0.25) is 0 Å². The summed E-state index contributed by atoms with van der Waals surface area (Å²) in [6, 6.07) is 5.97. The highest BCUT2D eigenvalue weighted by Crippen LogP contribution is 2.32. The smallest absolute Gasteiger partial charge is 0.256 e. The summed E-state index contributed by atoms with van der Waals surface area (Å²) < 4.78 is 42.7. The highest BCUT2D eigenvalue weighted by Gasteiger charge is 2.45. The van der Waals surface area contributed by atoms with Crippen molar-refractivity contribution in [3.05, 3.63) is 58.9 Å². The van der Waals surface area contributed by atoms with Gasteiger partial charge < -0.3 is 30.9 Å². The van der Waals surface area contributed by atoms with Crippen molar-refractivity contribution in [2.45, 2.75) is 57.5 Å². The van der Waals surface area contributed by atoms with Crippen LogP contribution in [0.4, 0.5) is 24.5 Å². The summed E-state index contributed by atoms with van der Waals surface area (Å²) >= 11 is 0. The van der Waals surface area contributed by atoms with Crippen LogP contribution in [-0.4, -0.2) is 69.6 Å². The van der Waals surface area contributed by atoms with Crippen molar-refractivity contribution in [3.63, 3.8) is 0 Å². The number of aliphatic hydroxyl groups is 3. The summed E-state index contributed by atoms with van der Waals surface area (Å²) in [5, 5.41) is 35.5. The molecule has 1 saturated carbocycles. The van der Waals surface area contributed by atoms with E-state index in [2.05, 4.69) is 10.6 Å². The minimum absolute atomic E-state index is 0.0476. The minimum Gasteiger partial charge on any atom is -0.390 e. The van der Waals surface area contributed by atoms with Crippen LogP contribution in [0.5, 0.6) is 0 Å². The molecule has 192 valence electrons. The number of aliphatic hydroxyl groups excluding tert-OH is 2. The van der Waals surface area contributed by atoms with E-state index in [0.717, 1.165) is 12.1 Å². The normalized spacial score (nSPS) is 22.8. The molecule has 4 rings (SSSR count). The summed E-state index contributed by atoms with van der Waals surface area (Å²) in [6.07, 6.45) is -0.901. The number of halogens is 3. The Morgan fingerprint density at radius 1 is 1.06 bits per heavy atom. The maximum Gasteiger partial charge on any atom is 0.256 e. The van der Waals surface area contributed by atoms with Crippen molar-refractivity contribution in [2.75, 3.05) is 25.0 Å². The molecule has 35 heavy (non-hydrogen) atoms. The molecule has 1 aliphatic heterocycles. The monoisotopic (exact) mass is 495 g/mol. The van der Waals surface area contributed by atoms with Crippen LogP contribution in [0.1, 0.15) is 42.6 Å². The molecule has 2 atom stereocenters. The molecule has 0 radical (unpaired) electrons. The quantitative estimate of drug-likeness (QED) is 0.422. The molecule has 7 nitrogen and oxygen atoms in total. The number of benzene rings is 2. The lowest BCUT2D eigenvalue weighted by Crippen LogP contribution is -2.67. The Bertz CT molecular complexity index is 1050. The number of aryl methyl sites for hydroxylation is 1. The third kappa shape index (κ3) is 5.95. The van der Waals surface area contributed by atoms with Gasteiger partial charge in [0.25, 0.3) is 5.91 Å². The van der Waals surface area contributed by atoms with Crippen LogP contribution >= 0.6 is 0 Å². The maximum absolute atomic E-state index is 14.6. The zero-order valence-corrected chi connectivity index (χ0v) is 20.0. The van der Waals surface area contributed by atoms with Crippen molar-refractivity contribution in [1.82, 2.24) is 10.2 Å². The molecule has 0 aromatic heterocycles. The van der Waals surface area contributed by atoms with Gasteiger partial charge in [-0.2, -0.15) is 0 Å². The molecule has 2 aromatic carbocycles. The summed E-state index contributed by atoms with van der Waals surface area (Å²) in [5.41, 5.74) is -1.37. The lowest BCUT2D eigenvalue weighted by Gasteiger charge is -2.47. The van der Waals surface area contributed by atoms with E-state index in [-0.39, 0.29) is 36.9 Å². The number of hydrogen-bond donors (Lipinski definition) is 5. The summed E-state index contributed by atoms with van der Waals surface area (Å²) in [4.78, 5) is 14.3. The average molecular weight is 496 g/mol. The highest BCUT2D eigenvalue weighted by atomic mass is 19.2. The second-order valence-corrected chi connectivity index (χ2v) is 8.96. The first kappa shape index (κ1) is 26.9. The van der Waals surface area contributed by atoms with Crippen LogP contribution < -0.4 is 10.6 Å². The Balaban J connectivity index is 0.00000167.